The third-order valence-corrected chi connectivity index (χ3v) is 4.86. The van der Waals surface area contributed by atoms with Crippen molar-refractivity contribution in [3.05, 3.63) is 15.4 Å². The van der Waals surface area contributed by atoms with E-state index in [-0.39, 0.29) is 17.6 Å². The molecule has 1 N–H and O–H groups in total. The van der Waals surface area contributed by atoms with Gasteiger partial charge in [0, 0.05) is 23.7 Å². The number of hydrogen-bond acceptors (Lipinski definition) is 3. The molecule has 0 aliphatic carbocycles. The van der Waals surface area contributed by atoms with E-state index in [1.807, 2.05) is 0 Å². The van der Waals surface area contributed by atoms with Crippen LogP contribution in [0.3, 0.4) is 0 Å². The lowest BCUT2D eigenvalue weighted by Gasteiger charge is -2.17. The zero-order chi connectivity index (χ0) is 16.3. The molecule has 0 spiro atoms. The monoisotopic (exact) mass is 325 g/mol. The lowest BCUT2D eigenvalue weighted by molar-refractivity contribution is 0.0958. The van der Waals surface area contributed by atoms with Crippen LogP contribution in [-0.4, -0.2) is 29.9 Å². The lowest BCUT2D eigenvalue weighted by atomic mass is 9.97. The van der Waals surface area contributed by atoms with Gasteiger partial charge in [-0.05, 0) is 32.1 Å². The molecule has 1 saturated heterocycles. The van der Waals surface area contributed by atoms with Crippen molar-refractivity contribution < 1.29 is 9.53 Å². The molecule has 6 heteroatoms. The van der Waals surface area contributed by atoms with Crippen molar-refractivity contribution in [2.75, 3.05) is 13.2 Å². The fourth-order valence-corrected chi connectivity index (χ4v) is 3.34. The second-order valence-corrected chi connectivity index (χ2v) is 8.28. The molecular weight excluding hydrogens is 298 g/mol. The first-order valence-electron chi connectivity index (χ1n) is 7.87. The van der Waals surface area contributed by atoms with Crippen LogP contribution in [-0.2, 0) is 11.3 Å². The Hall–Kier alpha value is -1.14. The van der Waals surface area contributed by atoms with Gasteiger partial charge in [0.15, 0.2) is 4.80 Å². The van der Waals surface area contributed by atoms with E-state index in [0.29, 0.717) is 6.54 Å². The van der Waals surface area contributed by atoms with E-state index in [0.717, 1.165) is 30.8 Å². The number of nitrogens with one attached hydrogen (secondary N) is 1. The van der Waals surface area contributed by atoms with Crippen LogP contribution >= 0.6 is 11.3 Å². The number of ether oxygens (including phenoxy) is 1. The fourth-order valence-electron chi connectivity index (χ4n) is 2.36. The average molecular weight is 325 g/mol. The first-order chi connectivity index (χ1) is 10.3. The Morgan fingerprint density at radius 1 is 1.45 bits per heavy atom. The minimum Gasteiger partial charge on any atom is -0.376 e. The van der Waals surface area contributed by atoms with Crippen molar-refractivity contribution in [1.29, 1.82) is 0 Å². The summed E-state index contributed by atoms with van der Waals surface area (Å²) in [5, 5.41) is 2.88. The van der Waals surface area contributed by atoms with Gasteiger partial charge in [-0.25, -0.2) is 4.79 Å². The van der Waals surface area contributed by atoms with Crippen molar-refractivity contribution in [2.24, 2.45) is 10.4 Å². The van der Waals surface area contributed by atoms with Crippen LogP contribution in [0.1, 0.15) is 44.2 Å². The van der Waals surface area contributed by atoms with E-state index in [2.05, 4.69) is 49.5 Å². The quantitative estimate of drug-likeness (QED) is 0.929. The van der Waals surface area contributed by atoms with Gasteiger partial charge >= 0.3 is 6.03 Å². The lowest BCUT2D eigenvalue weighted by Crippen LogP contribution is -2.32. The average Bonchev–Trinajstić information content (AvgIpc) is 3.01. The number of hydrogen-bond donors (Lipinski definition) is 1. The van der Waals surface area contributed by atoms with E-state index in [1.165, 1.54) is 10.6 Å². The Kier molecular flexibility index (Phi) is 5.45. The Bertz CT molecular complexity index is 590. The first-order valence-corrected chi connectivity index (χ1v) is 8.69. The maximum atomic E-state index is 12.1. The summed E-state index contributed by atoms with van der Waals surface area (Å²) in [6, 6.07) is -0.266. The van der Waals surface area contributed by atoms with Crippen LogP contribution in [0.5, 0.6) is 0 Å². The van der Waals surface area contributed by atoms with Crippen molar-refractivity contribution in [2.45, 2.75) is 60.1 Å². The van der Waals surface area contributed by atoms with E-state index in [1.54, 1.807) is 11.3 Å². The van der Waals surface area contributed by atoms with Crippen LogP contribution < -0.4 is 10.1 Å². The Morgan fingerprint density at radius 3 is 2.77 bits per heavy atom. The number of amides is 2. The molecule has 1 fully saturated rings. The predicted molar refractivity (Wildman–Crippen MR) is 89.2 cm³/mol. The molecule has 1 unspecified atom stereocenters. The smallest absolute Gasteiger partial charge is 0.343 e. The van der Waals surface area contributed by atoms with Crippen LogP contribution in [0.4, 0.5) is 4.79 Å². The molecule has 22 heavy (non-hydrogen) atoms. The van der Waals surface area contributed by atoms with Crippen molar-refractivity contribution in [3.8, 4) is 0 Å². The van der Waals surface area contributed by atoms with Gasteiger partial charge in [0.05, 0.1) is 12.6 Å². The normalized spacial score (nSPS) is 19.7. The number of carbonyl (C=O) groups excluding carboxylic acids is 1. The minimum absolute atomic E-state index is 0.0557. The second kappa shape index (κ2) is 6.96. The zero-order valence-corrected chi connectivity index (χ0v) is 15.0. The molecule has 0 radical (unpaired) electrons. The van der Waals surface area contributed by atoms with E-state index in [4.69, 9.17) is 4.74 Å². The van der Waals surface area contributed by atoms with Gasteiger partial charge in [-0.1, -0.05) is 20.8 Å². The number of carbonyl (C=O) groups is 1. The molecule has 2 amide bonds. The molecular formula is C16H27N3O2S. The molecule has 0 aromatic carbocycles. The zero-order valence-electron chi connectivity index (χ0n) is 14.2. The number of thiazole rings is 1. The molecule has 1 aromatic rings. The SMILES string of the molecule is Cc1sc(=NC(=O)NCC(C)(C)C)n(CC2CCCO2)c1C. The molecule has 124 valence electrons. The number of aryl methyl sites for hydroxylation is 1. The third-order valence-electron chi connectivity index (χ3n) is 3.77. The number of urea groups is 1. The Morgan fingerprint density at radius 2 is 2.18 bits per heavy atom. The predicted octanol–water partition coefficient (Wildman–Crippen LogP) is 3.00. The van der Waals surface area contributed by atoms with Crippen LogP contribution in [0.25, 0.3) is 0 Å². The number of aromatic nitrogens is 1. The summed E-state index contributed by atoms with van der Waals surface area (Å²) < 4.78 is 7.83. The highest BCUT2D eigenvalue weighted by atomic mass is 32.1. The standard InChI is InChI=1S/C16H27N3O2S/c1-11-12(2)22-15(18-14(20)17-10-16(3,4)5)19(11)9-13-7-6-8-21-13/h13H,6-10H2,1-5H3,(H,17,20). The summed E-state index contributed by atoms with van der Waals surface area (Å²) in [5.41, 5.74) is 1.23. The van der Waals surface area contributed by atoms with Gasteiger partial charge in [-0.3, -0.25) is 0 Å². The third kappa shape index (κ3) is 4.68. The highest BCUT2D eigenvalue weighted by Gasteiger charge is 2.19. The summed E-state index contributed by atoms with van der Waals surface area (Å²) in [5.74, 6) is 0. The molecule has 1 aliphatic heterocycles. The maximum Gasteiger partial charge on any atom is 0.343 e. The van der Waals surface area contributed by atoms with Crippen LogP contribution in [0.2, 0.25) is 0 Å². The largest absolute Gasteiger partial charge is 0.376 e. The molecule has 5 nitrogen and oxygen atoms in total. The number of rotatable bonds is 3. The summed E-state index contributed by atoms with van der Waals surface area (Å²) in [6.07, 6.45) is 2.44. The Balaban J connectivity index is 2.16. The van der Waals surface area contributed by atoms with Crippen molar-refractivity contribution >= 4 is 17.4 Å². The van der Waals surface area contributed by atoms with Crippen molar-refractivity contribution in [3.63, 3.8) is 0 Å². The summed E-state index contributed by atoms with van der Waals surface area (Å²) >= 11 is 1.57. The summed E-state index contributed by atoms with van der Waals surface area (Å²) in [7, 11) is 0. The van der Waals surface area contributed by atoms with E-state index in [9.17, 15) is 4.79 Å². The van der Waals surface area contributed by atoms with Crippen LogP contribution in [0.15, 0.2) is 4.99 Å². The van der Waals surface area contributed by atoms with E-state index < -0.39 is 0 Å². The van der Waals surface area contributed by atoms with Gasteiger partial charge in [-0.15, -0.1) is 11.3 Å². The number of nitrogens with zero attached hydrogens (tertiary/aromatic N) is 2. The molecule has 0 saturated carbocycles. The molecule has 2 rings (SSSR count). The van der Waals surface area contributed by atoms with Gasteiger partial charge in [0.1, 0.15) is 0 Å². The molecule has 0 bridgehead atoms. The molecule has 1 aromatic heterocycles. The maximum absolute atomic E-state index is 12.1. The summed E-state index contributed by atoms with van der Waals surface area (Å²) in [6.45, 7) is 12.6. The minimum atomic E-state index is -0.266. The molecule has 1 aliphatic rings. The van der Waals surface area contributed by atoms with Gasteiger partial charge < -0.3 is 14.6 Å². The Labute approximate surface area is 136 Å². The van der Waals surface area contributed by atoms with Gasteiger partial charge in [0.2, 0.25) is 0 Å². The van der Waals surface area contributed by atoms with E-state index >= 15 is 0 Å². The van der Waals surface area contributed by atoms with Gasteiger partial charge in [0.25, 0.3) is 0 Å². The topological polar surface area (TPSA) is 55.6 Å². The second-order valence-electron chi connectivity index (χ2n) is 7.10. The van der Waals surface area contributed by atoms with Crippen LogP contribution in [0, 0.1) is 19.3 Å². The van der Waals surface area contributed by atoms with Gasteiger partial charge in [-0.2, -0.15) is 4.99 Å². The summed E-state index contributed by atoms with van der Waals surface area (Å²) in [4.78, 5) is 18.3. The highest BCUT2D eigenvalue weighted by Crippen LogP contribution is 2.17. The highest BCUT2D eigenvalue weighted by molar-refractivity contribution is 7.09. The fraction of sp³-hybridized carbons (Fsp3) is 0.750. The first kappa shape index (κ1) is 17.2. The van der Waals surface area contributed by atoms with Crippen molar-refractivity contribution in [1.82, 2.24) is 9.88 Å². The molecule has 1 atom stereocenters. The molecule has 2 heterocycles.